The van der Waals surface area contributed by atoms with Gasteiger partial charge in [-0.25, -0.2) is 8.42 Å². The number of benzene rings is 2. The number of sulfonamides is 1. The first-order chi connectivity index (χ1) is 17.0. The number of hydrogen-bond donors (Lipinski definition) is 1. The van der Waals surface area contributed by atoms with Crippen molar-refractivity contribution in [2.45, 2.75) is 43.0 Å². The van der Waals surface area contributed by atoms with Crippen LogP contribution in [-0.4, -0.2) is 71.0 Å². The van der Waals surface area contributed by atoms with Crippen molar-refractivity contribution in [1.29, 1.82) is 0 Å². The minimum atomic E-state index is -3.84. The standard InChI is InChI=1S/C25H31N5O3S2/c31-25(26-13-17-29-15-11-20(12-16-29)18-19-6-2-1-3-7-19)22-9-5-14-30(22)35(32,33)23-10-4-8-21-24(23)28-34-27-21/h1-4,6-8,10,20,22H,5,9,11-18H2,(H,26,31)/t22-/m1/s1. The number of nitrogens with one attached hydrogen (secondary N) is 1. The maximum absolute atomic E-state index is 13.4. The summed E-state index contributed by atoms with van der Waals surface area (Å²) in [5.41, 5.74) is 2.33. The molecule has 3 aromatic rings. The quantitative estimate of drug-likeness (QED) is 0.498. The van der Waals surface area contributed by atoms with Gasteiger partial charge in [-0.2, -0.15) is 13.1 Å². The Hall–Kier alpha value is -2.40. The molecule has 2 aromatic carbocycles. The average Bonchev–Trinajstić information content (AvgIpc) is 3.56. The lowest BCUT2D eigenvalue weighted by molar-refractivity contribution is -0.124. The predicted octanol–water partition coefficient (Wildman–Crippen LogP) is 2.92. The number of fused-ring (bicyclic) bond motifs is 1. The third kappa shape index (κ3) is 5.40. The summed E-state index contributed by atoms with van der Waals surface area (Å²) in [6, 6.07) is 14.9. The summed E-state index contributed by atoms with van der Waals surface area (Å²) >= 11 is 0.991. The Morgan fingerprint density at radius 1 is 1.00 bits per heavy atom. The largest absolute Gasteiger partial charge is 0.353 e. The fourth-order valence-electron chi connectivity index (χ4n) is 5.22. The van der Waals surface area contributed by atoms with E-state index < -0.39 is 16.1 Å². The number of rotatable bonds is 8. The van der Waals surface area contributed by atoms with Crippen LogP contribution in [0.3, 0.4) is 0 Å². The van der Waals surface area contributed by atoms with Crippen LogP contribution in [0.25, 0.3) is 11.0 Å². The molecule has 1 amide bonds. The van der Waals surface area contributed by atoms with Gasteiger partial charge < -0.3 is 10.2 Å². The lowest BCUT2D eigenvalue weighted by atomic mass is 9.90. The van der Waals surface area contributed by atoms with Crippen LogP contribution in [0.4, 0.5) is 0 Å². The Morgan fingerprint density at radius 3 is 2.60 bits per heavy atom. The fourth-order valence-corrected chi connectivity index (χ4v) is 7.63. The molecular weight excluding hydrogens is 482 g/mol. The molecule has 2 aliphatic rings. The molecule has 8 nitrogen and oxygen atoms in total. The number of amides is 1. The van der Waals surface area contributed by atoms with Crippen molar-refractivity contribution in [2.75, 3.05) is 32.7 Å². The smallest absolute Gasteiger partial charge is 0.246 e. The highest BCUT2D eigenvalue weighted by Gasteiger charge is 2.40. The van der Waals surface area contributed by atoms with Gasteiger partial charge in [-0.3, -0.25) is 4.79 Å². The van der Waals surface area contributed by atoms with E-state index in [1.165, 1.54) is 9.87 Å². The van der Waals surface area contributed by atoms with Crippen molar-refractivity contribution in [1.82, 2.24) is 23.3 Å². The molecule has 10 heteroatoms. The molecule has 0 spiro atoms. The zero-order valence-electron chi connectivity index (χ0n) is 19.7. The van der Waals surface area contributed by atoms with Gasteiger partial charge in [-0.05, 0) is 68.8 Å². The molecule has 1 N–H and O–H groups in total. The second-order valence-electron chi connectivity index (χ2n) is 9.43. The monoisotopic (exact) mass is 513 g/mol. The number of carbonyl (C=O) groups is 1. The molecule has 2 saturated heterocycles. The summed E-state index contributed by atoms with van der Waals surface area (Å²) in [5, 5.41) is 3.00. The zero-order chi connectivity index (χ0) is 24.3. The molecule has 2 fully saturated rings. The molecular formula is C25H31N5O3S2. The fraction of sp³-hybridized carbons (Fsp3) is 0.480. The van der Waals surface area contributed by atoms with Crippen LogP contribution in [0.2, 0.25) is 0 Å². The Kier molecular flexibility index (Phi) is 7.43. The zero-order valence-corrected chi connectivity index (χ0v) is 21.3. The molecule has 3 heterocycles. The minimum absolute atomic E-state index is 0.127. The molecule has 35 heavy (non-hydrogen) atoms. The van der Waals surface area contributed by atoms with Crippen molar-refractivity contribution in [3.8, 4) is 0 Å². The Balaban J connectivity index is 1.12. The molecule has 0 aliphatic carbocycles. The third-order valence-corrected chi connectivity index (χ3v) is 9.63. The Labute approximate surface area is 210 Å². The summed E-state index contributed by atoms with van der Waals surface area (Å²) in [6.45, 7) is 3.71. The average molecular weight is 514 g/mol. The molecule has 0 radical (unpaired) electrons. The lowest BCUT2D eigenvalue weighted by Crippen LogP contribution is -2.48. The number of carbonyl (C=O) groups excluding carboxylic acids is 1. The Morgan fingerprint density at radius 2 is 1.80 bits per heavy atom. The highest BCUT2D eigenvalue weighted by Crippen LogP contribution is 2.30. The van der Waals surface area contributed by atoms with Crippen molar-refractivity contribution in [3.05, 3.63) is 54.1 Å². The summed E-state index contributed by atoms with van der Waals surface area (Å²) in [7, 11) is -3.84. The minimum Gasteiger partial charge on any atom is -0.353 e. The van der Waals surface area contributed by atoms with E-state index in [1.54, 1.807) is 18.2 Å². The van der Waals surface area contributed by atoms with Gasteiger partial charge in [0.05, 0.1) is 11.7 Å². The number of likely N-dealkylation sites (tertiary alicyclic amines) is 1. The maximum Gasteiger partial charge on any atom is 0.246 e. The van der Waals surface area contributed by atoms with Crippen LogP contribution in [0.15, 0.2) is 53.4 Å². The molecule has 5 rings (SSSR count). The van der Waals surface area contributed by atoms with E-state index in [4.69, 9.17) is 0 Å². The summed E-state index contributed by atoms with van der Waals surface area (Å²) in [4.78, 5) is 15.5. The molecule has 1 atom stereocenters. The van der Waals surface area contributed by atoms with E-state index in [0.29, 0.717) is 42.9 Å². The first kappa shape index (κ1) is 24.3. The van der Waals surface area contributed by atoms with E-state index in [1.807, 2.05) is 0 Å². The van der Waals surface area contributed by atoms with Crippen LogP contribution in [0.5, 0.6) is 0 Å². The van der Waals surface area contributed by atoms with Gasteiger partial charge in [0.2, 0.25) is 15.9 Å². The van der Waals surface area contributed by atoms with Gasteiger partial charge in [0.1, 0.15) is 22.0 Å². The van der Waals surface area contributed by atoms with Crippen LogP contribution in [0, 0.1) is 5.92 Å². The first-order valence-corrected chi connectivity index (χ1v) is 14.5. The SMILES string of the molecule is O=C(NCCN1CCC(Cc2ccccc2)CC1)[C@H]1CCCN1S(=O)(=O)c1cccc2nsnc12. The van der Waals surface area contributed by atoms with Gasteiger partial charge >= 0.3 is 0 Å². The molecule has 0 unspecified atom stereocenters. The van der Waals surface area contributed by atoms with Crippen molar-refractivity contribution in [3.63, 3.8) is 0 Å². The Bertz CT molecular complexity index is 1260. The highest BCUT2D eigenvalue weighted by atomic mass is 32.2. The number of hydrogen-bond acceptors (Lipinski definition) is 7. The number of nitrogens with zero attached hydrogens (tertiary/aromatic N) is 4. The van der Waals surface area contributed by atoms with Crippen LogP contribution in [0.1, 0.15) is 31.2 Å². The van der Waals surface area contributed by atoms with Crippen LogP contribution >= 0.6 is 11.7 Å². The number of aromatic nitrogens is 2. The van der Waals surface area contributed by atoms with Crippen LogP contribution in [-0.2, 0) is 21.2 Å². The topological polar surface area (TPSA) is 95.5 Å². The second-order valence-corrected chi connectivity index (χ2v) is 11.8. The first-order valence-electron chi connectivity index (χ1n) is 12.3. The van der Waals surface area contributed by atoms with Gasteiger partial charge in [0.25, 0.3) is 0 Å². The van der Waals surface area contributed by atoms with Crippen molar-refractivity contribution in [2.24, 2.45) is 5.92 Å². The van der Waals surface area contributed by atoms with E-state index in [0.717, 1.165) is 50.6 Å². The summed E-state index contributed by atoms with van der Waals surface area (Å²) in [6.07, 6.45) is 4.64. The van der Waals surface area contributed by atoms with E-state index in [2.05, 4.69) is 49.3 Å². The van der Waals surface area contributed by atoms with Gasteiger partial charge in [0.15, 0.2) is 0 Å². The molecule has 1 aromatic heterocycles. The van der Waals surface area contributed by atoms with E-state index in [-0.39, 0.29) is 10.8 Å². The van der Waals surface area contributed by atoms with Gasteiger partial charge in [-0.15, -0.1) is 0 Å². The van der Waals surface area contributed by atoms with Crippen molar-refractivity contribution < 1.29 is 13.2 Å². The molecule has 2 aliphatic heterocycles. The maximum atomic E-state index is 13.4. The summed E-state index contributed by atoms with van der Waals surface area (Å²) in [5.74, 6) is 0.492. The molecule has 0 saturated carbocycles. The van der Waals surface area contributed by atoms with Crippen LogP contribution < -0.4 is 5.32 Å². The second kappa shape index (κ2) is 10.7. The lowest BCUT2D eigenvalue weighted by Gasteiger charge is -2.32. The third-order valence-electron chi connectivity index (χ3n) is 7.14. The predicted molar refractivity (Wildman–Crippen MR) is 137 cm³/mol. The normalized spacial score (nSPS) is 20.4. The summed E-state index contributed by atoms with van der Waals surface area (Å²) < 4.78 is 36.5. The van der Waals surface area contributed by atoms with E-state index in [9.17, 15) is 13.2 Å². The van der Waals surface area contributed by atoms with E-state index >= 15 is 0 Å². The molecule has 0 bridgehead atoms. The number of piperidine rings is 1. The van der Waals surface area contributed by atoms with Crippen molar-refractivity contribution >= 4 is 38.7 Å². The highest BCUT2D eigenvalue weighted by molar-refractivity contribution is 7.89. The molecule has 186 valence electrons. The van der Waals surface area contributed by atoms with Gasteiger partial charge in [-0.1, -0.05) is 36.4 Å². The van der Waals surface area contributed by atoms with Gasteiger partial charge in [0, 0.05) is 19.6 Å².